The lowest BCUT2D eigenvalue weighted by molar-refractivity contribution is -0.136. The van der Waals surface area contributed by atoms with Gasteiger partial charge >= 0.3 is 5.97 Å². The van der Waals surface area contributed by atoms with Gasteiger partial charge in [0.1, 0.15) is 0 Å². The van der Waals surface area contributed by atoms with Crippen molar-refractivity contribution in [2.24, 2.45) is 5.92 Å². The van der Waals surface area contributed by atoms with Crippen LogP contribution in [0.2, 0.25) is 0 Å². The Morgan fingerprint density at radius 1 is 1.26 bits per heavy atom. The lowest BCUT2D eigenvalue weighted by Gasteiger charge is -2.17. The Labute approximate surface area is 162 Å². The number of hydrogen-bond acceptors (Lipinski definition) is 1. The van der Waals surface area contributed by atoms with E-state index in [1.165, 1.54) is 43.4 Å². The van der Waals surface area contributed by atoms with Gasteiger partial charge in [-0.05, 0) is 49.0 Å². The van der Waals surface area contributed by atoms with Gasteiger partial charge in [0.2, 0.25) is 0 Å². The average Bonchev–Trinajstić information content (AvgIpc) is 2.96. The summed E-state index contributed by atoms with van der Waals surface area (Å²) in [6, 6.07) is 8.10. The Bertz CT molecular complexity index is 857. The summed E-state index contributed by atoms with van der Waals surface area (Å²) >= 11 is 0. The number of carboxylic acid groups (broad SMARTS) is 1. The summed E-state index contributed by atoms with van der Waals surface area (Å²) in [7, 11) is 0. The van der Waals surface area contributed by atoms with Crippen molar-refractivity contribution in [2.75, 3.05) is 0 Å². The highest BCUT2D eigenvalue weighted by Crippen LogP contribution is 2.27. The molecule has 0 aliphatic heterocycles. The van der Waals surface area contributed by atoms with Crippen molar-refractivity contribution in [3.05, 3.63) is 59.3 Å². The van der Waals surface area contributed by atoms with Gasteiger partial charge in [0.25, 0.3) is 0 Å². The fourth-order valence-corrected chi connectivity index (χ4v) is 4.06. The van der Waals surface area contributed by atoms with Crippen LogP contribution < -0.4 is 0 Å². The number of hydrogen-bond donors (Lipinski definition) is 1. The third-order valence-electron chi connectivity index (χ3n) is 5.62. The second-order valence-electron chi connectivity index (χ2n) is 7.78. The number of aromatic nitrogens is 1. The smallest absolute Gasteiger partial charge is 0.307 e. The summed E-state index contributed by atoms with van der Waals surface area (Å²) in [5.41, 5.74) is 4.55. The second-order valence-corrected chi connectivity index (χ2v) is 7.78. The third kappa shape index (κ3) is 4.91. The molecule has 3 nitrogen and oxygen atoms in total. The lowest BCUT2D eigenvalue weighted by atomic mass is 9.91. The summed E-state index contributed by atoms with van der Waals surface area (Å²) in [6.07, 6.45) is 14.9. The predicted octanol–water partition coefficient (Wildman–Crippen LogP) is 6.05. The number of allylic oxidation sites excluding steroid dienone is 4. The third-order valence-corrected chi connectivity index (χ3v) is 5.62. The highest BCUT2D eigenvalue weighted by Gasteiger charge is 2.14. The summed E-state index contributed by atoms with van der Waals surface area (Å²) in [5, 5.41) is 10.2. The van der Waals surface area contributed by atoms with Crippen molar-refractivity contribution in [3.63, 3.8) is 0 Å². The first-order chi connectivity index (χ1) is 13.1. The maximum absolute atomic E-state index is 11.1. The van der Waals surface area contributed by atoms with Crippen LogP contribution in [0, 0.1) is 12.8 Å². The van der Waals surface area contributed by atoms with Gasteiger partial charge in [-0.3, -0.25) is 4.79 Å². The lowest BCUT2D eigenvalue weighted by Crippen LogP contribution is -2.06. The van der Waals surface area contributed by atoms with E-state index < -0.39 is 5.97 Å². The molecule has 1 N–H and O–H groups in total. The first-order valence-corrected chi connectivity index (χ1v) is 10.2. The maximum Gasteiger partial charge on any atom is 0.307 e. The number of carboxylic acids is 1. The second kappa shape index (κ2) is 9.07. The number of carbonyl (C=O) groups is 1. The Balaban J connectivity index is 1.69. The normalized spacial score (nSPS) is 16.7. The number of benzene rings is 1. The predicted molar refractivity (Wildman–Crippen MR) is 112 cm³/mol. The van der Waals surface area contributed by atoms with Crippen molar-refractivity contribution in [1.82, 2.24) is 4.57 Å². The molecule has 2 aromatic rings. The molecule has 0 unspecified atom stereocenters. The van der Waals surface area contributed by atoms with Gasteiger partial charge in [0.05, 0.1) is 6.42 Å². The van der Waals surface area contributed by atoms with E-state index in [1.807, 2.05) is 12.1 Å². The van der Waals surface area contributed by atoms with E-state index in [4.69, 9.17) is 5.11 Å². The molecule has 144 valence electrons. The van der Waals surface area contributed by atoms with Crippen LogP contribution in [-0.4, -0.2) is 15.6 Å². The van der Waals surface area contributed by atoms with Gasteiger partial charge in [0.15, 0.2) is 0 Å². The summed E-state index contributed by atoms with van der Waals surface area (Å²) in [4.78, 5) is 11.1. The van der Waals surface area contributed by atoms with Crippen LogP contribution in [-0.2, 0) is 17.8 Å². The minimum absolute atomic E-state index is 0.0725. The molecule has 1 atom stereocenters. The summed E-state index contributed by atoms with van der Waals surface area (Å²) in [6.45, 7) is 5.21. The molecule has 0 radical (unpaired) electrons. The number of fused-ring (bicyclic) bond motifs is 1. The number of nitrogens with zero attached hydrogens (tertiary/aromatic N) is 1. The molecule has 1 heterocycles. The quantitative estimate of drug-likeness (QED) is 0.550. The molecular weight excluding hydrogens is 334 g/mol. The van der Waals surface area contributed by atoms with Crippen molar-refractivity contribution in [3.8, 4) is 0 Å². The molecule has 0 amide bonds. The number of unbranched alkanes of at least 4 members (excludes halogenated alkanes) is 3. The van der Waals surface area contributed by atoms with Crippen LogP contribution >= 0.6 is 0 Å². The molecule has 3 rings (SSSR count). The van der Waals surface area contributed by atoms with Crippen molar-refractivity contribution >= 4 is 16.9 Å². The van der Waals surface area contributed by atoms with E-state index in [1.54, 1.807) is 0 Å². The van der Waals surface area contributed by atoms with Gasteiger partial charge in [0, 0.05) is 23.1 Å². The SMILES string of the molecule is CCCCCC[C@@H]1C=CC(Cn2c(C)cc3c(CC(=O)O)cccc32)=CC1. The molecule has 0 saturated carbocycles. The highest BCUT2D eigenvalue weighted by molar-refractivity contribution is 5.88. The molecule has 1 aromatic carbocycles. The average molecular weight is 366 g/mol. The Morgan fingerprint density at radius 3 is 2.81 bits per heavy atom. The van der Waals surface area contributed by atoms with Crippen LogP contribution in [0.1, 0.15) is 56.7 Å². The number of aryl methyl sites for hydroxylation is 1. The zero-order valence-electron chi connectivity index (χ0n) is 16.6. The van der Waals surface area contributed by atoms with Gasteiger partial charge in [-0.1, -0.05) is 63.0 Å². The monoisotopic (exact) mass is 365 g/mol. The molecule has 0 fully saturated rings. The van der Waals surface area contributed by atoms with Crippen LogP contribution in [0.4, 0.5) is 0 Å². The van der Waals surface area contributed by atoms with Gasteiger partial charge in [-0.2, -0.15) is 0 Å². The molecule has 0 spiro atoms. The van der Waals surface area contributed by atoms with Gasteiger partial charge in [-0.25, -0.2) is 0 Å². The molecule has 1 aliphatic rings. The van der Waals surface area contributed by atoms with E-state index >= 15 is 0 Å². The van der Waals surface area contributed by atoms with Crippen molar-refractivity contribution in [2.45, 2.75) is 65.3 Å². The first-order valence-electron chi connectivity index (χ1n) is 10.2. The zero-order valence-corrected chi connectivity index (χ0v) is 16.6. The van der Waals surface area contributed by atoms with E-state index in [0.29, 0.717) is 5.92 Å². The van der Waals surface area contributed by atoms with Crippen LogP contribution in [0.15, 0.2) is 48.1 Å². The van der Waals surface area contributed by atoms with Gasteiger partial charge < -0.3 is 9.67 Å². The highest BCUT2D eigenvalue weighted by atomic mass is 16.4. The zero-order chi connectivity index (χ0) is 19.2. The molecule has 27 heavy (non-hydrogen) atoms. The molecule has 0 bridgehead atoms. The molecule has 1 aromatic heterocycles. The summed E-state index contributed by atoms with van der Waals surface area (Å²) < 4.78 is 2.30. The Kier molecular flexibility index (Phi) is 6.54. The largest absolute Gasteiger partial charge is 0.481 e. The van der Waals surface area contributed by atoms with Crippen LogP contribution in [0.5, 0.6) is 0 Å². The van der Waals surface area contributed by atoms with E-state index in [9.17, 15) is 4.79 Å². The van der Waals surface area contributed by atoms with E-state index in [2.05, 4.69) is 48.8 Å². The molecule has 3 heteroatoms. The maximum atomic E-state index is 11.1. The number of rotatable bonds is 9. The Hall–Kier alpha value is -2.29. The summed E-state index contributed by atoms with van der Waals surface area (Å²) in [5.74, 6) is -0.0916. The van der Waals surface area contributed by atoms with Gasteiger partial charge in [-0.15, -0.1) is 0 Å². The topological polar surface area (TPSA) is 42.2 Å². The molecular formula is C24H31NO2. The first kappa shape index (κ1) is 19.5. The van der Waals surface area contributed by atoms with Crippen LogP contribution in [0.3, 0.4) is 0 Å². The molecule has 0 saturated heterocycles. The van der Waals surface area contributed by atoms with Crippen LogP contribution in [0.25, 0.3) is 10.9 Å². The molecule has 1 aliphatic carbocycles. The fourth-order valence-electron chi connectivity index (χ4n) is 4.06. The Morgan fingerprint density at radius 2 is 2.11 bits per heavy atom. The minimum Gasteiger partial charge on any atom is -0.481 e. The van der Waals surface area contributed by atoms with E-state index in [0.717, 1.165) is 29.4 Å². The minimum atomic E-state index is -0.782. The van der Waals surface area contributed by atoms with E-state index in [-0.39, 0.29) is 6.42 Å². The van der Waals surface area contributed by atoms with Crippen molar-refractivity contribution in [1.29, 1.82) is 0 Å². The number of aliphatic carboxylic acids is 1. The van der Waals surface area contributed by atoms with Crippen molar-refractivity contribution < 1.29 is 9.90 Å². The fraction of sp³-hybridized carbons (Fsp3) is 0.458. The standard InChI is InChI=1S/C24H31NO2/c1-3-4-5-6-8-19-11-13-20(14-12-19)17-25-18(2)15-22-21(16-24(26)27)9-7-10-23(22)25/h7,9-11,13-15,19H,3-6,8,12,16-17H2,1-2H3,(H,26,27)/t19-/m1/s1.